The number of allylic oxidation sites excluding steroid dienone is 6. The molecule has 1 atom stereocenters. The average molecular weight is 577 g/mol. The molecule has 0 spiro atoms. The molecule has 41 heavy (non-hydrogen) atoms. The molecule has 0 heterocycles. The summed E-state index contributed by atoms with van der Waals surface area (Å²) < 4.78 is 11.1. The molecule has 1 unspecified atom stereocenters. The molecule has 240 valence electrons. The molecule has 0 aromatic carbocycles. The first-order chi connectivity index (χ1) is 20.2. The zero-order valence-electron chi connectivity index (χ0n) is 27.3. The van der Waals surface area contributed by atoms with E-state index in [2.05, 4.69) is 50.3 Å². The van der Waals surface area contributed by atoms with Gasteiger partial charge in [-0.2, -0.15) is 0 Å². The van der Waals surface area contributed by atoms with Gasteiger partial charge in [-0.1, -0.05) is 153 Å². The van der Waals surface area contributed by atoms with Crippen LogP contribution in [0.4, 0.5) is 0 Å². The molecular formula is C37H68O4. The Morgan fingerprint density at radius 1 is 0.610 bits per heavy atom. The van der Waals surface area contributed by atoms with E-state index in [0.717, 1.165) is 38.5 Å². The molecule has 0 aromatic heterocycles. The first-order valence-electron chi connectivity index (χ1n) is 17.6. The topological polar surface area (TPSA) is 55.8 Å². The van der Waals surface area contributed by atoms with Gasteiger partial charge in [0.1, 0.15) is 6.10 Å². The smallest absolute Gasteiger partial charge is 0.306 e. The van der Waals surface area contributed by atoms with Crippen molar-refractivity contribution in [1.82, 2.24) is 0 Å². The van der Waals surface area contributed by atoms with Crippen molar-refractivity contribution in [3.8, 4) is 0 Å². The van der Waals surface area contributed by atoms with Crippen molar-refractivity contribution in [3.63, 3.8) is 0 Å². The standard InChI is InChI=1S/C37H68O4/c1-3-5-7-9-11-13-15-16-17-18-19-20-21-23-25-27-29-31-33-40-35-36(34-38)41-37(39)32-30-28-26-24-22-14-12-10-8-6-4-2/h5,7,11,13,16-17,36,38H,3-4,6,8-10,12,14-15,18-35H2,1-2H3/b7-5-,13-11-,17-16-. The van der Waals surface area contributed by atoms with Crippen LogP contribution in [0, 0.1) is 0 Å². The van der Waals surface area contributed by atoms with Crippen LogP contribution in [0.5, 0.6) is 0 Å². The summed E-state index contributed by atoms with van der Waals surface area (Å²) in [7, 11) is 0. The highest BCUT2D eigenvalue weighted by Crippen LogP contribution is 2.13. The van der Waals surface area contributed by atoms with Crippen LogP contribution < -0.4 is 0 Å². The monoisotopic (exact) mass is 577 g/mol. The molecule has 0 saturated carbocycles. The molecule has 0 amide bonds. The van der Waals surface area contributed by atoms with E-state index < -0.39 is 6.10 Å². The van der Waals surface area contributed by atoms with Gasteiger partial charge >= 0.3 is 5.97 Å². The summed E-state index contributed by atoms with van der Waals surface area (Å²) >= 11 is 0. The van der Waals surface area contributed by atoms with Crippen LogP contribution in [-0.4, -0.2) is 37.0 Å². The van der Waals surface area contributed by atoms with Gasteiger partial charge in [-0.3, -0.25) is 4.79 Å². The third-order valence-corrected chi connectivity index (χ3v) is 7.48. The Morgan fingerprint density at radius 2 is 1.10 bits per heavy atom. The maximum Gasteiger partial charge on any atom is 0.306 e. The van der Waals surface area contributed by atoms with Crippen LogP contribution in [0.15, 0.2) is 36.5 Å². The third kappa shape index (κ3) is 33.0. The van der Waals surface area contributed by atoms with Gasteiger partial charge < -0.3 is 14.6 Å². The van der Waals surface area contributed by atoms with E-state index in [1.165, 1.54) is 109 Å². The van der Waals surface area contributed by atoms with Crippen molar-refractivity contribution < 1.29 is 19.4 Å². The lowest BCUT2D eigenvalue weighted by atomic mass is 10.1. The molecule has 1 N–H and O–H groups in total. The van der Waals surface area contributed by atoms with E-state index in [-0.39, 0.29) is 12.6 Å². The number of carbonyl (C=O) groups is 1. The SMILES string of the molecule is CC/C=C\C/C=C\C/C=C\CCCCCCCCCCOCC(CO)OC(=O)CCCCCCCCCCCCC. The molecule has 0 saturated heterocycles. The second-order valence-electron chi connectivity index (χ2n) is 11.6. The molecule has 0 bridgehead atoms. The highest BCUT2D eigenvalue weighted by molar-refractivity contribution is 5.69. The van der Waals surface area contributed by atoms with Crippen LogP contribution in [0.1, 0.15) is 168 Å². The Bertz CT molecular complexity index is 610. The van der Waals surface area contributed by atoms with Crippen LogP contribution in [0.2, 0.25) is 0 Å². The first-order valence-corrected chi connectivity index (χ1v) is 17.6. The maximum atomic E-state index is 12.1. The van der Waals surface area contributed by atoms with E-state index in [0.29, 0.717) is 19.6 Å². The molecule has 0 aliphatic rings. The first kappa shape index (κ1) is 39.6. The molecule has 0 rings (SSSR count). The van der Waals surface area contributed by atoms with Gasteiger partial charge in [0.05, 0.1) is 13.2 Å². The summed E-state index contributed by atoms with van der Waals surface area (Å²) in [5.41, 5.74) is 0. The predicted octanol–water partition coefficient (Wildman–Crippen LogP) is 11.0. The van der Waals surface area contributed by atoms with E-state index in [9.17, 15) is 9.90 Å². The molecule has 0 aliphatic heterocycles. The Labute approximate surface area is 255 Å². The Kier molecular flexibility index (Phi) is 33.6. The van der Waals surface area contributed by atoms with E-state index in [1.807, 2.05) is 0 Å². The molecule has 0 fully saturated rings. The van der Waals surface area contributed by atoms with Gasteiger partial charge in [-0.05, 0) is 44.9 Å². The third-order valence-electron chi connectivity index (χ3n) is 7.48. The molecule has 4 nitrogen and oxygen atoms in total. The summed E-state index contributed by atoms with van der Waals surface area (Å²) in [6.45, 7) is 5.21. The van der Waals surface area contributed by atoms with E-state index in [1.54, 1.807) is 0 Å². The van der Waals surface area contributed by atoms with E-state index >= 15 is 0 Å². The predicted molar refractivity (Wildman–Crippen MR) is 177 cm³/mol. The van der Waals surface area contributed by atoms with Crippen LogP contribution in [0.3, 0.4) is 0 Å². The number of aliphatic hydroxyl groups excluding tert-OH is 1. The summed E-state index contributed by atoms with van der Waals surface area (Å²) in [6.07, 6.45) is 41.8. The van der Waals surface area contributed by atoms with Gasteiger partial charge in [-0.15, -0.1) is 0 Å². The van der Waals surface area contributed by atoms with Crippen molar-refractivity contribution >= 4 is 5.97 Å². The highest BCUT2D eigenvalue weighted by Gasteiger charge is 2.13. The lowest BCUT2D eigenvalue weighted by molar-refractivity contribution is -0.154. The van der Waals surface area contributed by atoms with Crippen LogP contribution >= 0.6 is 0 Å². The van der Waals surface area contributed by atoms with Crippen molar-refractivity contribution in [1.29, 1.82) is 0 Å². The zero-order valence-corrected chi connectivity index (χ0v) is 27.3. The quantitative estimate of drug-likeness (QED) is 0.0491. The molecule has 0 aromatic rings. The zero-order chi connectivity index (χ0) is 29.9. The second-order valence-corrected chi connectivity index (χ2v) is 11.6. The lowest BCUT2D eigenvalue weighted by Crippen LogP contribution is -2.27. The summed E-state index contributed by atoms with van der Waals surface area (Å²) in [4.78, 5) is 12.1. The number of carbonyl (C=O) groups excluding carboxylic acids is 1. The summed E-state index contributed by atoms with van der Waals surface area (Å²) in [5.74, 6) is -0.206. The Hall–Kier alpha value is -1.39. The van der Waals surface area contributed by atoms with Crippen molar-refractivity contribution in [3.05, 3.63) is 36.5 Å². The number of hydrogen-bond acceptors (Lipinski definition) is 4. The Balaban J connectivity index is 3.44. The van der Waals surface area contributed by atoms with Gasteiger partial charge in [-0.25, -0.2) is 0 Å². The van der Waals surface area contributed by atoms with Crippen LogP contribution in [0.25, 0.3) is 0 Å². The van der Waals surface area contributed by atoms with Gasteiger partial charge in [0.15, 0.2) is 0 Å². The second kappa shape index (κ2) is 34.8. The summed E-state index contributed by atoms with van der Waals surface area (Å²) in [6, 6.07) is 0. The van der Waals surface area contributed by atoms with Crippen molar-refractivity contribution in [2.75, 3.05) is 19.8 Å². The van der Waals surface area contributed by atoms with Crippen molar-refractivity contribution in [2.24, 2.45) is 0 Å². The minimum absolute atomic E-state index is 0.173. The highest BCUT2D eigenvalue weighted by atomic mass is 16.6. The van der Waals surface area contributed by atoms with Gasteiger partial charge in [0.2, 0.25) is 0 Å². The molecule has 4 heteroatoms. The molecule has 0 radical (unpaired) electrons. The molecular weight excluding hydrogens is 508 g/mol. The number of ether oxygens (including phenoxy) is 2. The normalized spacial score (nSPS) is 12.8. The largest absolute Gasteiger partial charge is 0.457 e. The number of aliphatic hydroxyl groups is 1. The Morgan fingerprint density at radius 3 is 1.66 bits per heavy atom. The minimum Gasteiger partial charge on any atom is -0.457 e. The number of rotatable bonds is 32. The maximum absolute atomic E-state index is 12.1. The summed E-state index contributed by atoms with van der Waals surface area (Å²) in [5, 5.41) is 9.53. The van der Waals surface area contributed by atoms with Gasteiger partial charge in [0, 0.05) is 13.0 Å². The lowest BCUT2D eigenvalue weighted by Gasteiger charge is -2.16. The van der Waals surface area contributed by atoms with Gasteiger partial charge in [0.25, 0.3) is 0 Å². The van der Waals surface area contributed by atoms with Crippen molar-refractivity contribution in [2.45, 2.75) is 174 Å². The number of unbranched alkanes of at least 4 members (excludes halogenated alkanes) is 18. The minimum atomic E-state index is -0.533. The fraction of sp³-hybridized carbons (Fsp3) is 0.811. The van der Waals surface area contributed by atoms with Crippen LogP contribution in [-0.2, 0) is 14.3 Å². The van der Waals surface area contributed by atoms with E-state index in [4.69, 9.17) is 9.47 Å². The molecule has 0 aliphatic carbocycles. The fourth-order valence-corrected chi connectivity index (χ4v) is 4.87. The number of hydrogen-bond donors (Lipinski definition) is 1. The fourth-order valence-electron chi connectivity index (χ4n) is 4.87. The number of esters is 1. The average Bonchev–Trinajstić information content (AvgIpc) is 2.98.